The fraction of sp³-hybridized carbons (Fsp3) is 0. The van der Waals surface area contributed by atoms with Gasteiger partial charge in [-0.15, -0.1) is 0 Å². The third kappa shape index (κ3) is 3.00. The first-order valence-electron chi connectivity index (χ1n) is 8.25. The molecule has 4 aromatic rings. The molecule has 0 spiro atoms. The van der Waals surface area contributed by atoms with Crippen molar-refractivity contribution in [2.45, 2.75) is 0 Å². The Morgan fingerprint density at radius 3 is 2.31 bits per heavy atom. The van der Waals surface area contributed by atoms with Crippen LogP contribution in [0.25, 0.3) is 21.5 Å². The lowest BCUT2D eigenvalue weighted by Crippen LogP contribution is -2.17. The highest BCUT2D eigenvalue weighted by Gasteiger charge is 2.11. The average molecular weight is 340 g/mol. The van der Waals surface area contributed by atoms with E-state index < -0.39 is 5.91 Å². The van der Waals surface area contributed by atoms with E-state index in [1.807, 2.05) is 66.7 Å². The first-order valence-corrected chi connectivity index (χ1v) is 8.25. The Hall–Kier alpha value is -3.66. The Morgan fingerprint density at radius 1 is 0.846 bits per heavy atom. The normalized spacial score (nSPS) is 11.2. The highest BCUT2D eigenvalue weighted by molar-refractivity contribution is 6.03. The number of hydrogen-bond donors (Lipinski definition) is 2. The number of hydrogen-bond acceptors (Lipinski definition) is 3. The van der Waals surface area contributed by atoms with E-state index in [1.165, 1.54) is 0 Å². The molecule has 0 radical (unpaired) electrons. The van der Waals surface area contributed by atoms with Crippen molar-refractivity contribution in [2.24, 2.45) is 5.10 Å². The van der Waals surface area contributed by atoms with Gasteiger partial charge in [0.1, 0.15) is 5.75 Å². The fourth-order valence-corrected chi connectivity index (χ4v) is 2.99. The Kier molecular flexibility index (Phi) is 4.07. The highest BCUT2D eigenvalue weighted by atomic mass is 16.3. The van der Waals surface area contributed by atoms with Crippen LogP contribution in [0.5, 0.6) is 5.75 Å². The molecule has 4 rings (SSSR count). The molecule has 0 bridgehead atoms. The van der Waals surface area contributed by atoms with Crippen LogP contribution < -0.4 is 5.43 Å². The lowest BCUT2D eigenvalue weighted by molar-refractivity contribution is 0.0952. The molecule has 0 fully saturated rings. The van der Waals surface area contributed by atoms with Gasteiger partial charge in [0.25, 0.3) is 5.91 Å². The molecule has 0 atom stereocenters. The Bertz CT molecular complexity index is 1140. The molecule has 0 aliphatic heterocycles. The van der Waals surface area contributed by atoms with E-state index in [9.17, 15) is 9.90 Å². The smallest absolute Gasteiger partial charge is 0.275 e. The monoisotopic (exact) mass is 340 g/mol. The van der Waals surface area contributed by atoms with Gasteiger partial charge in [0, 0.05) is 5.56 Å². The summed E-state index contributed by atoms with van der Waals surface area (Å²) in [5.74, 6) is -0.522. The van der Waals surface area contributed by atoms with E-state index in [0.29, 0.717) is 0 Å². The van der Waals surface area contributed by atoms with Gasteiger partial charge in [0.15, 0.2) is 0 Å². The average Bonchev–Trinajstić information content (AvgIpc) is 2.67. The highest BCUT2D eigenvalue weighted by Crippen LogP contribution is 2.24. The number of carbonyl (C=O) groups excluding carboxylic acids is 1. The molecular formula is C22H16N2O2. The van der Waals surface area contributed by atoms with Crippen molar-refractivity contribution in [3.05, 3.63) is 90.0 Å². The fourth-order valence-electron chi connectivity index (χ4n) is 2.99. The van der Waals surface area contributed by atoms with Crippen molar-refractivity contribution in [1.82, 2.24) is 5.43 Å². The predicted octanol–water partition coefficient (Wildman–Crippen LogP) is 4.46. The molecule has 0 aliphatic carbocycles. The number of phenolic OH excluding ortho intramolecular Hbond substituents is 1. The standard InChI is InChI=1S/C22H16N2O2/c25-21-13-17-8-2-1-7-16(17)12-20(21)22(26)24-23-14-18-10-5-9-15-6-3-4-11-19(15)18/h1-14,25H,(H,24,26)/b23-14-. The largest absolute Gasteiger partial charge is 0.507 e. The van der Waals surface area contributed by atoms with E-state index in [0.717, 1.165) is 27.1 Å². The molecule has 2 N–H and O–H groups in total. The van der Waals surface area contributed by atoms with Gasteiger partial charge in [0.05, 0.1) is 11.8 Å². The zero-order chi connectivity index (χ0) is 17.9. The number of amides is 1. The summed E-state index contributed by atoms with van der Waals surface area (Å²) in [4.78, 5) is 12.4. The summed E-state index contributed by atoms with van der Waals surface area (Å²) in [6, 6.07) is 24.7. The summed E-state index contributed by atoms with van der Waals surface area (Å²) in [6.07, 6.45) is 1.61. The minimum absolute atomic E-state index is 0.0680. The number of benzene rings is 4. The molecule has 0 aromatic heterocycles. The summed E-state index contributed by atoms with van der Waals surface area (Å²) in [5.41, 5.74) is 3.59. The third-order valence-corrected chi connectivity index (χ3v) is 4.30. The zero-order valence-electron chi connectivity index (χ0n) is 13.9. The molecule has 0 saturated carbocycles. The van der Waals surface area contributed by atoms with Crippen LogP contribution in [0.1, 0.15) is 15.9 Å². The topological polar surface area (TPSA) is 61.7 Å². The molecule has 0 heterocycles. The molecule has 0 aliphatic rings. The number of nitrogens with zero attached hydrogens (tertiary/aromatic N) is 1. The van der Waals surface area contributed by atoms with Gasteiger partial charge < -0.3 is 5.11 Å². The number of carbonyl (C=O) groups is 1. The molecule has 4 aromatic carbocycles. The van der Waals surface area contributed by atoms with Crippen molar-refractivity contribution in [3.8, 4) is 5.75 Å². The lowest BCUT2D eigenvalue weighted by atomic mass is 10.1. The molecule has 1 amide bonds. The van der Waals surface area contributed by atoms with Crippen LogP contribution >= 0.6 is 0 Å². The van der Waals surface area contributed by atoms with E-state index in [2.05, 4.69) is 10.5 Å². The minimum Gasteiger partial charge on any atom is -0.507 e. The van der Waals surface area contributed by atoms with Crippen LogP contribution in [0.4, 0.5) is 0 Å². The summed E-state index contributed by atoms with van der Waals surface area (Å²) in [6.45, 7) is 0. The van der Waals surface area contributed by atoms with Crippen molar-refractivity contribution >= 4 is 33.7 Å². The summed E-state index contributed by atoms with van der Waals surface area (Å²) in [5, 5.41) is 18.1. The van der Waals surface area contributed by atoms with E-state index in [-0.39, 0.29) is 11.3 Å². The molecule has 26 heavy (non-hydrogen) atoms. The molecule has 126 valence electrons. The molecule has 4 heteroatoms. The van der Waals surface area contributed by atoms with Gasteiger partial charge >= 0.3 is 0 Å². The van der Waals surface area contributed by atoms with E-state index >= 15 is 0 Å². The minimum atomic E-state index is -0.454. The maximum Gasteiger partial charge on any atom is 0.275 e. The Balaban J connectivity index is 1.59. The summed E-state index contributed by atoms with van der Waals surface area (Å²) in [7, 11) is 0. The van der Waals surface area contributed by atoms with Gasteiger partial charge in [-0.25, -0.2) is 5.43 Å². The van der Waals surface area contributed by atoms with Crippen LogP contribution in [-0.4, -0.2) is 17.2 Å². The second-order valence-corrected chi connectivity index (χ2v) is 5.98. The van der Waals surface area contributed by atoms with Crippen LogP contribution in [0, 0.1) is 0 Å². The van der Waals surface area contributed by atoms with Gasteiger partial charge in [-0.05, 0) is 33.7 Å². The van der Waals surface area contributed by atoms with Crippen LogP contribution in [0.3, 0.4) is 0 Å². The Labute approximate surface area is 150 Å². The summed E-state index contributed by atoms with van der Waals surface area (Å²) >= 11 is 0. The van der Waals surface area contributed by atoms with Crippen molar-refractivity contribution < 1.29 is 9.90 Å². The number of nitrogens with one attached hydrogen (secondary N) is 1. The van der Waals surface area contributed by atoms with Gasteiger partial charge in [-0.2, -0.15) is 5.10 Å². The maximum absolute atomic E-state index is 12.4. The second-order valence-electron chi connectivity index (χ2n) is 5.98. The zero-order valence-corrected chi connectivity index (χ0v) is 13.9. The molecule has 4 nitrogen and oxygen atoms in total. The number of aromatic hydroxyl groups is 1. The first-order chi connectivity index (χ1) is 12.7. The maximum atomic E-state index is 12.4. The Morgan fingerprint density at radius 2 is 1.50 bits per heavy atom. The van der Waals surface area contributed by atoms with Crippen molar-refractivity contribution in [3.63, 3.8) is 0 Å². The van der Waals surface area contributed by atoms with Gasteiger partial charge in [-0.3, -0.25) is 4.79 Å². The third-order valence-electron chi connectivity index (χ3n) is 4.30. The van der Waals surface area contributed by atoms with Crippen LogP contribution in [-0.2, 0) is 0 Å². The number of phenols is 1. The second kappa shape index (κ2) is 6.69. The van der Waals surface area contributed by atoms with E-state index in [4.69, 9.17) is 0 Å². The predicted molar refractivity (Wildman–Crippen MR) is 105 cm³/mol. The first kappa shape index (κ1) is 15.8. The molecule has 0 unspecified atom stereocenters. The van der Waals surface area contributed by atoms with Crippen LogP contribution in [0.2, 0.25) is 0 Å². The van der Waals surface area contributed by atoms with Gasteiger partial charge in [0.2, 0.25) is 0 Å². The summed E-state index contributed by atoms with van der Waals surface area (Å²) < 4.78 is 0. The van der Waals surface area contributed by atoms with Crippen molar-refractivity contribution in [2.75, 3.05) is 0 Å². The van der Waals surface area contributed by atoms with E-state index in [1.54, 1.807) is 18.3 Å². The molecular weight excluding hydrogens is 324 g/mol. The number of rotatable bonds is 3. The van der Waals surface area contributed by atoms with Crippen molar-refractivity contribution in [1.29, 1.82) is 0 Å². The SMILES string of the molecule is O=C(N/N=C\c1cccc2ccccc12)c1cc2ccccc2cc1O. The van der Waals surface area contributed by atoms with Gasteiger partial charge in [-0.1, -0.05) is 66.7 Å². The quantitative estimate of drug-likeness (QED) is 0.427. The van der Waals surface area contributed by atoms with Crippen LogP contribution in [0.15, 0.2) is 84.0 Å². The molecule has 0 saturated heterocycles. The number of fused-ring (bicyclic) bond motifs is 2. The lowest BCUT2D eigenvalue weighted by Gasteiger charge is -2.06. The number of hydrazone groups is 1.